The van der Waals surface area contributed by atoms with Gasteiger partial charge in [-0.3, -0.25) is 4.79 Å². The van der Waals surface area contributed by atoms with Crippen molar-refractivity contribution in [3.8, 4) is 5.75 Å². The van der Waals surface area contributed by atoms with E-state index in [9.17, 15) is 4.79 Å². The van der Waals surface area contributed by atoms with Gasteiger partial charge in [0.25, 0.3) is 5.91 Å². The number of carbonyl (C=O) groups is 1. The summed E-state index contributed by atoms with van der Waals surface area (Å²) in [5.74, 6) is 0.963. The molecular weight excluding hydrogens is 368 g/mol. The number of amides is 1. The third-order valence-electron chi connectivity index (χ3n) is 3.70. The zero-order valence-corrected chi connectivity index (χ0v) is 15.8. The summed E-state index contributed by atoms with van der Waals surface area (Å²) in [6, 6.07) is 11.2. The lowest BCUT2D eigenvalue weighted by molar-refractivity contribution is 0.0955. The van der Waals surface area contributed by atoms with E-state index < -0.39 is 0 Å². The zero-order chi connectivity index (χ0) is 17.7. The van der Waals surface area contributed by atoms with Crippen LogP contribution in [-0.4, -0.2) is 19.2 Å². The van der Waals surface area contributed by atoms with Gasteiger partial charge in [-0.15, -0.1) is 0 Å². The van der Waals surface area contributed by atoms with Gasteiger partial charge in [-0.1, -0.05) is 35.8 Å². The van der Waals surface area contributed by atoms with E-state index in [1.807, 2.05) is 31.2 Å². The molecule has 0 saturated carbocycles. The Bertz CT molecular complexity index is 770. The van der Waals surface area contributed by atoms with Crippen molar-refractivity contribution in [3.63, 3.8) is 0 Å². The lowest BCUT2D eigenvalue weighted by Crippen LogP contribution is -2.17. The molecule has 5 heteroatoms. The summed E-state index contributed by atoms with van der Waals surface area (Å²) in [5.41, 5.74) is 6.21. The van der Waals surface area contributed by atoms with E-state index in [1.54, 1.807) is 25.5 Å². The van der Waals surface area contributed by atoms with Crippen LogP contribution >= 0.6 is 15.9 Å². The molecule has 0 unspecified atom stereocenters. The fraction of sp³-hybridized carbons (Fsp3) is 0.263. The number of nitrogens with zero attached hydrogens (tertiary/aromatic N) is 1. The topological polar surface area (TPSA) is 50.7 Å². The molecule has 126 valence electrons. The maximum atomic E-state index is 12.1. The van der Waals surface area contributed by atoms with E-state index in [0.717, 1.165) is 26.9 Å². The summed E-state index contributed by atoms with van der Waals surface area (Å²) in [6.07, 6.45) is 1.66. The fourth-order valence-electron chi connectivity index (χ4n) is 2.34. The van der Waals surface area contributed by atoms with Crippen LogP contribution < -0.4 is 10.2 Å². The highest BCUT2D eigenvalue weighted by molar-refractivity contribution is 9.10. The van der Waals surface area contributed by atoms with Gasteiger partial charge in [-0.25, -0.2) is 5.43 Å². The van der Waals surface area contributed by atoms with Crippen molar-refractivity contribution in [1.82, 2.24) is 5.43 Å². The van der Waals surface area contributed by atoms with Crippen LogP contribution in [0.5, 0.6) is 5.75 Å². The Morgan fingerprint density at radius 3 is 2.67 bits per heavy atom. The van der Waals surface area contributed by atoms with Gasteiger partial charge in [0, 0.05) is 10.0 Å². The second kappa shape index (κ2) is 8.11. The van der Waals surface area contributed by atoms with E-state index in [1.165, 1.54) is 0 Å². The molecule has 0 aliphatic rings. The van der Waals surface area contributed by atoms with Crippen LogP contribution in [0.25, 0.3) is 0 Å². The lowest BCUT2D eigenvalue weighted by Gasteiger charge is -2.14. The van der Waals surface area contributed by atoms with Crippen LogP contribution in [0.3, 0.4) is 0 Å². The molecule has 0 aliphatic heterocycles. The molecule has 0 aliphatic carbocycles. The van der Waals surface area contributed by atoms with Crippen molar-refractivity contribution < 1.29 is 9.53 Å². The molecule has 0 saturated heterocycles. The monoisotopic (exact) mass is 388 g/mol. The number of halogens is 1. The summed E-state index contributed by atoms with van der Waals surface area (Å²) in [6.45, 7) is 6.22. The molecule has 0 spiro atoms. The second-order valence-electron chi connectivity index (χ2n) is 5.81. The number of nitrogens with one attached hydrogen (secondary N) is 1. The highest BCUT2D eigenvalue weighted by atomic mass is 79.9. The predicted octanol–water partition coefficient (Wildman–Crippen LogP) is 4.65. The Kier molecular flexibility index (Phi) is 6.15. The van der Waals surface area contributed by atoms with Crippen LogP contribution in [0.1, 0.15) is 46.8 Å². The van der Waals surface area contributed by atoms with Crippen LogP contribution in [0.4, 0.5) is 0 Å². The second-order valence-corrected chi connectivity index (χ2v) is 6.73. The van der Waals surface area contributed by atoms with Crippen LogP contribution in [0.15, 0.2) is 46.0 Å². The van der Waals surface area contributed by atoms with E-state index in [2.05, 4.69) is 40.3 Å². The molecule has 0 aromatic heterocycles. The number of benzene rings is 2. The number of aryl methyl sites for hydroxylation is 1. The van der Waals surface area contributed by atoms with Gasteiger partial charge in [0.05, 0.1) is 13.3 Å². The number of hydrogen-bond donors (Lipinski definition) is 1. The minimum absolute atomic E-state index is 0.247. The SMILES string of the molecule is COc1cc(C)c(/C=N\NC(=O)c2cccc(Br)c2)cc1C(C)C. The van der Waals surface area contributed by atoms with Crippen molar-refractivity contribution in [2.45, 2.75) is 26.7 Å². The van der Waals surface area contributed by atoms with Gasteiger partial charge < -0.3 is 4.74 Å². The molecule has 4 nitrogen and oxygen atoms in total. The van der Waals surface area contributed by atoms with Gasteiger partial charge in [-0.2, -0.15) is 5.10 Å². The van der Waals surface area contributed by atoms with E-state index in [-0.39, 0.29) is 5.91 Å². The normalized spacial score (nSPS) is 11.1. The minimum atomic E-state index is -0.247. The van der Waals surface area contributed by atoms with Crippen molar-refractivity contribution in [1.29, 1.82) is 0 Å². The summed E-state index contributed by atoms with van der Waals surface area (Å²) >= 11 is 3.35. The molecule has 2 aromatic rings. The average Bonchev–Trinajstić information content (AvgIpc) is 2.55. The molecule has 2 aromatic carbocycles. The number of ether oxygens (including phenoxy) is 1. The van der Waals surface area contributed by atoms with E-state index in [0.29, 0.717) is 11.5 Å². The Morgan fingerprint density at radius 1 is 1.29 bits per heavy atom. The highest BCUT2D eigenvalue weighted by Crippen LogP contribution is 2.29. The summed E-state index contributed by atoms with van der Waals surface area (Å²) in [5, 5.41) is 4.08. The number of rotatable bonds is 5. The molecule has 24 heavy (non-hydrogen) atoms. The smallest absolute Gasteiger partial charge is 0.271 e. The summed E-state index contributed by atoms with van der Waals surface area (Å²) < 4.78 is 6.29. The van der Waals surface area contributed by atoms with Gasteiger partial charge in [0.15, 0.2) is 0 Å². The number of methoxy groups -OCH3 is 1. The quantitative estimate of drug-likeness (QED) is 0.598. The van der Waals surface area contributed by atoms with Crippen molar-refractivity contribution in [2.75, 3.05) is 7.11 Å². The first-order valence-corrected chi connectivity index (χ1v) is 8.49. The van der Waals surface area contributed by atoms with Crippen molar-refractivity contribution >= 4 is 28.1 Å². The summed E-state index contributed by atoms with van der Waals surface area (Å²) in [7, 11) is 1.67. The van der Waals surface area contributed by atoms with Gasteiger partial charge in [0.2, 0.25) is 0 Å². The largest absolute Gasteiger partial charge is 0.496 e. The maximum Gasteiger partial charge on any atom is 0.271 e. The molecule has 2 rings (SSSR count). The average molecular weight is 389 g/mol. The standard InChI is InChI=1S/C19H21BrN2O2/c1-12(2)17-10-15(13(3)8-18(17)24-4)11-21-22-19(23)14-6-5-7-16(20)9-14/h5-12H,1-4H3,(H,22,23)/b21-11-. The third-order valence-corrected chi connectivity index (χ3v) is 4.19. The molecule has 1 amide bonds. The van der Waals surface area contributed by atoms with E-state index >= 15 is 0 Å². The Morgan fingerprint density at radius 2 is 2.04 bits per heavy atom. The molecule has 0 bridgehead atoms. The first kappa shape index (κ1) is 18.2. The Balaban J connectivity index is 2.17. The molecule has 1 N–H and O–H groups in total. The van der Waals surface area contributed by atoms with Crippen LogP contribution in [0.2, 0.25) is 0 Å². The summed E-state index contributed by atoms with van der Waals surface area (Å²) in [4.78, 5) is 12.1. The Labute approximate surface area is 151 Å². The zero-order valence-electron chi connectivity index (χ0n) is 14.3. The maximum absolute atomic E-state index is 12.1. The van der Waals surface area contributed by atoms with Crippen LogP contribution in [-0.2, 0) is 0 Å². The molecule has 0 atom stereocenters. The molecule has 0 fully saturated rings. The van der Waals surface area contributed by atoms with E-state index in [4.69, 9.17) is 4.74 Å². The van der Waals surface area contributed by atoms with Gasteiger partial charge in [0.1, 0.15) is 5.75 Å². The number of carbonyl (C=O) groups excluding carboxylic acids is 1. The Hall–Kier alpha value is -2.14. The first-order chi connectivity index (χ1) is 11.4. The lowest BCUT2D eigenvalue weighted by atomic mass is 9.97. The third kappa shape index (κ3) is 4.45. The molecule has 0 heterocycles. The fourth-order valence-corrected chi connectivity index (χ4v) is 2.74. The first-order valence-electron chi connectivity index (χ1n) is 7.70. The number of hydrazone groups is 1. The molecule has 0 radical (unpaired) electrons. The van der Waals surface area contributed by atoms with Gasteiger partial charge >= 0.3 is 0 Å². The van der Waals surface area contributed by atoms with Crippen LogP contribution in [0, 0.1) is 6.92 Å². The van der Waals surface area contributed by atoms with Crippen molar-refractivity contribution in [2.24, 2.45) is 5.10 Å². The van der Waals surface area contributed by atoms with Crippen molar-refractivity contribution in [3.05, 3.63) is 63.1 Å². The highest BCUT2D eigenvalue weighted by Gasteiger charge is 2.10. The molecular formula is C19H21BrN2O2. The predicted molar refractivity (Wildman–Crippen MR) is 101 cm³/mol. The number of hydrogen-bond acceptors (Lipinski definition) is 3. The minimum Gasteiger partial charge on any atom is -0.496 e. The van der Waals surface area contributed by atoms with Gasteiger partial charge in [-0.05, 0) is 59.9 Å².